The maximum absolute atomic E-state index is 6.15. The van der Waals surface area contributed by atoms with E-state index in [1.807, 2.05) is 61.6 Å². The van der Waals surface area contributed by atoms with Gasteiger partial charge in [-0.05, 0) is 37.4 Å². The molecule has 6 nitrogen and oxygen atoms in total. The molecule has 0 aliphatic carbocycles. The fraction of sp³-hybridized carbons (Fsp3) is 0.400. The fourth-order valence-corrected chi connectivity index (χ4v) is 3.93. The average Bonchev–Trinajstić information content (AvgIpc) is 2.66. The minimum absolute atomic E-state index is 0.412. The van der Waals surface area contributed by atoms with Crippen LogP contribution in [0.1, 0.15) is 0 Å². The van der Waals surface area contributed by atoms with Crippen molar-refractivity contribution in [2.75, 3.05) is 39.6 Å². The summed E-state index contributed by atoms with van der Waals surface area (Å²) in [5.41, 5.74) is 0. The molecule has 0 amide bonds. The van der Waals surface area contributed by atoms with Gasteiger partial charge in [-0.1, -0.05) is 24.3 Å². The summed E-state index contributed by atoms with van der Waals surface area (Å²) in [5.74, 6) is 2.77. The Morgan fingerprint density at radius 3 is 1.59 bits per heavy atom. The number of hydrogen-bond donors (Lipinski definition) is 0. The van der Waals surface area contributed by atoms with Crippen LogP contribution in [0.4, 0.5) is 0 Å². The zero-order valence-electron chi connectivity index (χ0n) is 15.8. The molecule has 0 unspecified atom stereocenters. The number of benzene rings is 2. The molecule has 0 radical (unpaired) electrons. The number of ether oxygens (including phenoxy) is 4. The summed E-state index contributed by atoms with van der Waals surface area (Å²) < 4.78 is 35.1. The molecule has 0 N–H and O–H groups in total. The van der Waals surface area contributed by atoms with Gasteiger partial charge in [0, 0.05) is 0 Å². The van der Waals surface area contributed by atoms with E-state index in [0.29, 0.717) is 62.6 Å². The van der Waals surface area contributed by atoms with Crippen LogP contribution in [0.2, 0.25) is 13.1 Å². The minimum atomic E-state index is -2.39. The molecule has 2 aromatic rings. The molecule has 1 aliphatic heterocycles. The van der Waals surface area contributed by atoms with Crippen LogP contribution in [0.5, 0.6) is 23.0 Å². The van der Waals surface area contributed by atoms with E-state index in [2.05, 4.69) is 0 Å². The Hall–Kier alpha value is -2.22. The molecule has 0 atom stereocenters. The Balaban J connectivity index is 1.69. The van der Waals surface area contributed by atoms with Gasteiger partial charge in [0.15, 0.2) is 17.2 Å². The van der Waals surface area contributed by atoms with Gasteiger partial charge in [-0.25, -0.2) is 0 Å². The zero-order valence-corrected chi connectivity index (χ0v) is 16.8. The second-order valence-electron chi connectivity index (χ2n) is 6.40. The lowest BCUT2D eigenvalue weighted by molar-refractivity contribution is 0.0751. The predicted molar refractivity (Wildman–Crippen MR) is 104 cm³/mol. The smallest absolute Gasteiger partial charge is 0.392 e. The van der Waals surface area contributed by atoms with E-state index in [4.69, 9.17) is 27.8 Å². The van der Waals surface area contributed by atoms with Gasteiger partial charge in [0.25, 0.3) is 0 Å². The van der Waals surface area contributed by atoms with E-state index >= 15 is 0 Å². The van der Waals surface area contributed by atoms with Crippen molar-refractivity contribution >= 4 is 8.56 Å². The molecular weight excluding hydrogens is 364 g/mol. The lowest BCUT2D eigenvalue weighted by Gasteiger charge is -2.25. The monoisotopic (exact) mass is 390 g/mol. The summed E-state index contributed by atoms with van der Waals surface area (Å²) in [5, 5.41) is 0. The van der Waals surface area contributed by atoms with Gasteiger partial charge in [0.1, 0.15) is 25.6 Å². The first-order chi connectivity index (χ1) is 13.1. The normalized spacial score (nSPS) is 18.3. The van der Waals surface area contributed by atoms with Gasteiger partial charge in [0.2, 0.25) is 0 Å². The van der Waals surface area contributed by atoms with Gasteiger partial charge in [-0.15, -0.1) is 0 Å². The zero-order chi connectivity index (χ0) is 19.0. The summed E-state index contributed by atoms with van der Waals surface area (Å²) in [6, 6.07) is 15.2. The number of fused-ring (bicyclic) bond motifs is 2. The Kier molecular flexibility index (Phi) is 6.97. The molecule has 146 valence electrons. The van der Waals surface area contributed by atoms with E-state index in [0.717, 1.165) is 0 Å². The standard InChI is InChI=1S/C20H26O6Si/c1-27(2)25-16-15-24-18-8-4-3-7-17(18)22-13-11-21-12-14-23-19-9-5-6-10-20(19)26-27/h3-10H,11-16H2,1-2H3. The Labute approximate surface area is 161 Å². The SMILES string of the molecule is C[Si]1(C)OCCOc2ccccc2OCCOCCOc2ccccc2O1. The van der Waals surface area contributed by atoms with Gasteiger partial charge >= 0.3 is 8.56 Å². The summed E-state index contributed by atoms with van der Waals surface area (Å²) in [6.07, 6.45) is 0. The lowest BCUT2D eigenvalue weighted by atomic mass is 10.3. The molecule has 0 aromatic heterocycles. The van der Waals surface area contributed by atoms with Gasteiger partial charge in [-0.2, -0.15) is 0 Å². The first-order valence-corrected chi connectivity index (χ1v) is 11.9. The quantitative estimate of drug-likeness (QED) is 0.640. The van der Waals surface area contributed by atoms with Crippen LogP contribution in [0, 0.1) is 0 Å². The molecule has 0 spiro atoms. The maximum atomic E-state index is 6.15. The van der Waals surface area contributed by atoms with E-state index in [-0.39, 0.29) is 0 Å². The molecule has 0 saturated heterocycles. The highest BCUT2D eigenvalue weighted by Crippen LogP contribution is 2.29. The number of hydrogen-bond acceptors (Lipinski definition) is 6. The van der Waals surface area contributed by atoms with Crippen molar-refractivity contribution in [1.82, 2.24) is 0 Å². The van der Waals surface area contributed by atoms with Gasteiger partial charge in [-0.3, -0.25) is 0 Å². The number of para-hydroxylation sites is 4. The van der Waals surface area contributed by atoms with Crippen LogP contribution in [-0.2, 0) is 9.16 Å². The summed E-state index contributed by atoms with van der Waals surface area (Å²) in [4.78, 5) is 0. The summed E-state index contributed by atoms with van der Waals surface area (Å²) in [7, 11) is -2.39. The minimum Gasteiger partial charge on any atom is -0.517 e. The fourth-order valence-electron chi connectivity index (χ4n) is 2.60. The highest BCUT2D eigenvalue weighted by atomic mass is 28.4. The van der Waals surface area contributed by atoms with Crippen molar-refractivity contribution in [2.24, 2.45) is 0 Å². The van der Waals surface area contributed by atoms with E-state index in [1.165, 1.54) is 0 Å². The average molecular weight is 391 g/mol. The molecule has 27 heavy (non-hydrogen) atoms. The summed E-state index contributed by atoms with van der Waals surface area (Å²) >= 11 is 0. The third kappa shape index (κ3) is 6.16. The van der Waals surface area contributed by atoms with Crippen molar-refractivity contribution in [2.45, 2.75) is 13.1 Å². The van der Waals surface area contributed by atoms with E-state index < -0.39 is 8.56 Å². The van der Waals surface area contributed by atoms with Gasteiger partial charge in [0.05, 0.1) is 19.8 Å². The van der Waals surface area contributed by atoms with E-state index in [9.17, 15) is 0 Å². The second-order valence-corrected chi connectivity index (χ2v) is 9.69. The Bertz CT molecular complexity index is 721. The molecule has 1 heterocycles. The van der Waals surface area contributed by atoms with Gasteiger partial charge < -0.3 is 27.8 Å². The highest BCUT2D eigenvalue weighted by Gasteiger charge is 2.28. The van der Waals surface area contributed by atoms with Crippen molar-refractivity contribution < 1.29 is 27.8 Å². The van der Waals surface area contributed by atoms with Crippen molar-refractivity contribution in [3.8, 4) is 23.0 Å². The molecule has 7 heteroatoms. The third-order valence-corrected chi connectivity index (χ3v) is 5.43. The topological polar surface area (TPSA) is 55.4 Å². The molecule has 0 fully saturated rings. The molecule has 0 bridgehead atoms. The maximum Gasteiger partial charge on any atom is 0.392 e. The molecule has 1 aliphatic rings. The van der Waals surface area contributed by atoms with Crippen LogP contribution in [0.15, 0.2) is 48.5 Å². The van der Waals surface area contributed by atoms with Crippen molar-refractivity contribution in [3.05, 3.63) is 48.5 Å². The van der Waals surface area contributed by atoms with Crippen LogP contribution in [0.3, 0.4) is 0 Å². The Morgan fingerprint density at radius 1 is 0.593 bits per heavy atom. The van der Waals surface area contributed by atoms with Crippen LogP contribution >= 0.6 is 0 Å². The highest BCUT2D eigenvalue weighted by molar-refractivity contribution is 6.65. The second kappa shape index (κ2) is 9.64. The first kappa shape index (κ1) is 19.5. The Morgan fingerprint density at radius 2 is 1.04 bits per heavy atom. The van der Waals surface area contributed by atoms with Crippen LogP contribution < -0.4 is 18.6 Å². The summed E-state index contributed by atoms with van der Waals surface area (Å²) in [6.45, 7) is 6.65. The van der Waals surface area contributed by atoms with Crippen molar-refractivity contribution in [1.29, 1.82) is 0 Å². The van der Waals surface area contributed by atoms with Crippen LogP contribution in [-0.4, -0.2) is 48.2 Å². The van der Waals surface area contributed by atoms with E-state index in [1.54, 1.807) is 0 Å². The molecule has 3 rings (SSSR count). The first-order valence-electron chi connectivity index (χ1n) is 9.11. The molecule has 2 aromatic carbocycles. The van der Waals surface area contributed by atoms with Crippen LogP contribution in [0.25, 0.3) is 0 Å². The molecule has 0 saturated carbocycles. The molecular formula is C20H26O6Si. The number of rotatable bonds is 0. The van der Waals surface area contributed by atoms with Crippen molar-refractivity contribution in [3.63, 3.8) is 0 Å². The lowest BCUT2D eigenvalue weighted by Crippen LogP contribution is -2.39. The predicted octanol–water partition coefficient (Wildman–Crippen LogP) is 3.65. The third-order valence-electron chi connectivity index (χ3n) is 3.82. The largest absolute Gasteiger partial charge is 0.517 e.